The van der Waals surface area contributed by atoms with Gasteiger partial charge in [0.25, 0.3) is 5.91 Å². The van der Waals surface area contributed by atoms with Crippen molar-refractivity contribution in [1.29, 1.82) is 0 Å². The number of amides is 1. The number of anilines is 1. The number of rotatable bonds is 5. The molecule has 0 spiro atoms. The Balaban J connectivity index is 2.03. The summed E-state index contributed by atoms with van der Waals surface area (Å²) >= 11 is 0. The number of hydrogen-bond acceptors (Lipinski definition) is 6. The first-order valence-corrected chi connectivity index (χ1v) is 9.20. The second kappa shape index (κ2) is 6.60. The second-order valence-corrected chi connectivity index (χ2v) is 7.95. The molecule has 1 aliphatic heterocycles. The molecular weight excluding hydrogens is 304 g/mol. The van der Waals surface area contributed by atoms with Crippen LogP contribution in [0.5, 0.6) is 0 Å². The molecule has 1 fully saturated rings. The van der Waals surface area contributed by atoms with E-state index in [1.165, 1.54) is 17.3 Å². The minimum absolute atomic E-state index is 0.0315. The van der Waals surface area contributed by atoms with Crippen LogP contribution in [0.25, 0.3) is 0 Å². The van der Waals surface area contributed by atoms with Gasteiger partial charge >= 0.3 is 0 Å². The van der Waals surface area contributed by atoms with Crippen molar-refractivity contribution in [3.05, 3.63) is 18.0 Å². The highest BCUT2D eigenvalue weighted by Gasteiger charge is 2.33. The largest absolute Gasteiger partial charge is 0.352 e. The lowest BCUT2D eigenvalue weighted by molar-refractivity contribution is 0.0747. The standard InChI is InChI=1S/C14H22N4O3S/c1-4-10(2)17-14-15-7-11(8-16-14)13(19)18(3)12-5-6-22(20,21)9-12/h7-8,10,12H,4-6,9H2,1-3H3,(H,15,16,17). The third-order valence-corrected chi connectivity index (χ3v) is 5.71. The number of carbonyl (C=O) groups is 1. The molecule has 1 amide bonds. The van der Waals surface area contributed by atoms with Crippen molar-refractivity contribution in [1.82, 2.24) is 14.9 Å². The van der Waals surface area contributed by atoms with Crippen LogP contribution in [-0.4, -0.2) is 59.8 Å². The van der Waals surface area contributed by atoms with Crippen molar-refractivity contribution in [2.75, 3.05) is 23.9 Å². The maximum Gasteiger partial charge on any atom is 0.257 e. The summed E-state index contributed by atoms with van der Waals surface area (Å²) in [5, 5.41) is 3.13. The fourth-order valence-corrected chi connectivity index (χ4v) is 4.06. The fourth-order valence-electron chi connectivity index (χ4n) is 2.29. The molecule has 2 heterocycles. The van der Waals surface area contributed by atoms with Crippen LogP contribution in [0.4, 0.5) is 5.95 Å². The van der Waals surface area contributed by atoms with Crippen molar-refractivity contribution >= 4 is 21.7 Å². The van der Waals surface area contributed by atoms with Gasteiger partial charge in [-0.2, -0.15) is 0 Å². The average Bonchev–Trinajstić information content (AvgIpc) is 2.86. The lowest BCUT2D eigenvalue weighted by Gasteiger charge is -2.23. The molecule has 1 aliphatic rings. The average molecular weight is 326 g/mol. The molecule has 1 aromatic heterocycles. The Morgan fingerprint density at radius 1 is 1.45 bits per heavy atom. The van der Waals surface area contributed by atoms with E-state index in [4.69, 9.17) is 0 Å². The van der Waals surface area contributed by atoms with E-state index in [2.05, 4.69) is 22.2 Å². The Labute approximate surface area is 131 Å². The minimum atomic E-state index is -3.01. The molecule has 0 saturated carbocycles. The minimum Gasteiger partial charge on any atom is -0.352 e. The smallest absolute Gasteiger partial charge is 0.257 e. The number of nitrogens with zero attached hydrogens (tertiary/aromatic N) is 3. The molecule has 1 saturated heterocycles. The van der Waals surface area contributed by atoms with Crippen LogP contribution in [-0.2, 0) is 9.84 Å². The molecule has 1 aromatic rings. The summed E-state index contributed by atoms with van der Waals surface area (Å²) < 4.78 is 23.0. The molecule has 0 aromatic carbocycles. The summed E-state index contributed by atoms with van der Waals surface area (Å²) in [5.74, 6) is 0.405. The van der Waals surface area contributed by atoms with Crippen LogP contribution >= 0.6 is 0 Å². The Bertz CT molecular complexity index is 630. The van der Waals surface area contributed by atoms with E-state index < -0.39 is 9.84 Å². The molecule has 22 heavy (non-hydrogen) atoms. The van der Waals surface area contributed by atoms with Gasteiger partial charge in [-0.3, -0.25) is 4.79 Å². The van der Waals surface area contributed by atoms with Gasteiger partial charge in [0.15, 0.2) is 9.84 Å². The first kappa shape index (κ1) is 16.7. The molecule has 0 aliphatic carbocycles. The number of nitrogens with one attached hydrogen (secondary N) is 1. The number of aromatic nitrogens is 2. The Morgan fingerprint density at radius 3 is 2.59 bits per heavy atom. The van der Waals surface area contributed by atoms with Gasteiger partial charge < -0.3 is 10.2 Å². The second-order valence-electron chi connectivity index (χ2n) is 5.72. The van der Waals surface area contributed by atoms with Gasteiger partial charge in [-0.05, 0) is 19.8 Å². The highest BCUT2D eigenvalue weighted by atomic mass is 32.2. The van der Waals surface area contributed by atoms with E-state index in [1.807, 2.05) is 6.92 Å². The van der Waals surface area contributed by atoms with Crippen LogP contribution in [0.3, 0.4) is 0 Å². The van der Waals surface area contributed by atoms with Gasteiger partial charge in [0.1, 0.15) is 0 Å². The van der Waals surface area contributed by atoms with Crippen molar-refractivity contribution in [3.8, 4) is 0 Å². The quantitative estimate of drug-likeness (QED) is 0.866. The molecule has 1 N–H and O–H groups in total. The zero-order valence-corrected chi connectivity index (χ0v) is 13.9. The topological polar surface area (TPSA) is 92.3 Å². The van der Waals surface area contributed by atoms with Crippen LogP contribution in [0.2, 0.25) is 0 Å². The first-order valence-electron chi connectivity index (χ1n) is 7.38. The number of sulfone groups is 1. The molecule has 2 rings (SSSR count). The SMILES string of the molecule is CCC(C)Nc1ncc(C(=O)N(C)C2CCS(=O)(=O)C2)cn1. The van der Waals surface area contributed by atoms with Crippen LogP contribution in [0.1, 0.15) is 37.0 Å². The van der Waals surface area contributed by atoms with Crippen molar-refractivity contribution in [3.63, 3.8) is 0 Å². The predicted molar refractivity (Wildman–Crippen MR) is 84.6 cm³/mol. The Hall–Kier alpha value is -1.70. The van der Waals surface area contributed by atoms with Gasteiger partial charge in [0, 0.05) is 31.5 Å². The Morgan fingerprint density at radius 2 is 2.09 bits per heavy atom. The molecule has 7 nitrogen and oxygen atoms in total. The molecule has 0 bridgehead atoms. The van der Waals surface area contributed by atoms with Crippen molar-refractivity contribution < 1.29 is 13.2 Å². The lowest BCUT2D eigenvalue weighted by Crippen LogP contribution is -2.38. The third kappa shape index (κ3) is 3.94. The van der Waals surface area contributed by atoms with E-state index in [0.29, 0.717) is 17.9 Å². The zero-order chi connectivity index (χ0) is 16.3. The molecule has 0 radical (unpaired) electrons. The molecule has 8 heteroatoms. The Kier molecular flexibility index (Phi) is 5.00. The molecular formula is C14H22N4O3S. The van der Waals surface area contributed by atoms with E-state index in [9.17, 15) is 13.2 Å². The van der Waals surface area contributed by atoms with Gasteiger partial charge in [0.05, 0.1) is 17.1 Å². The fraction of sp³-hybridized carbons (Fsp3) is 0.643. The summed E-state index contributed by atoms with van der Waals surface area (Å²) in [4.78, 5) is 22.1. The lowest BCUT2D eigenvalue weighted by atomic mass is 10.2. The van der Waals surface area contributed by atoms with Gasteiger partial charge in [0.2, 0.25) is 5.95 Å². The van der Waals surface area contributed by atoms with Crippen molar-refractivity contribution in [2.24, 2.45) is 0 Å². The summed E-state index contributed by atoms with van der Waals surface area (Å²) in [6, 6.07) is -0.0108. The predicted octanol–water partition coefficient (Wildman–Crippen LogP) is 0.946. The number of hydrogen-bond donors (Lipinski definition) is 1. The van der Waals surface area contributed by atoms with E-state index in [1.54, 1.807) is 7.05 Å². The highest BCUT2D eigenvalue weighted by molar-refractivity contribution is 7.91. The van der Waals surface area contributed by atoms with E-state index in [0.717, 1.165) is 6.42 Å². The summed E-state index contributed by atoms with van der Waals surface area (Å²) in [6.45, 7) is 4.08. The molecule has 122 valence electrons. The summed E-state index contributed by atoms with van der Waals surface area (Å²) in [7, 11) is -1.39. The maximum atomic E-state index is 12.4. The van der Waals surface area contributed by atoms with Crippen LogP contribution in [0.15, 0.2) is 12.4 Å². The summed E-state index contributed by atoms with van der Waals surface area (Å²) in [5.41, 5.74) is 0.362. The first-order chi connectivity index (χ1) is 10.3. The van der Waals surface area contributed by atoms with Gasteiger partial charge in [-0.1, -0.05) is 6.92 Å². The normalized spacial score (nSPS) is 21.3. The van der Waals surface area contributed by atoms with Crippen molar-refractivity contribution in [2.45, 2.75) is 38.8 Å². The summed E-state index contributed by atoms with van der Waals surface area (Å²) in [6.07, 6.45) is 4.38. The van der Waals surface area contributed by atoms with E-state index >= 15 is 0 Å². The zero-order valence-electron chi connectivity index (χ0n) is 13.1. The highest BCUT2D eigenvalue weighted by Crippen LogP contribution is 2.18. The van der Waals surface area contributed by atoms with E-state index in [-0.39, 0.29) is 29.5 Å². The maximum absolute atomic E-state index is 12.4. The van der Waals surface area contributed by atoms with Crippen LogP contribution < -0.4 is 5.32 Å². The monoisotopic (exact) mass is 326 g/mol. The number of carbonyl (C=O) groups excluding carboxylic acids is 1. The van der Waals surface area contributed by atoms with Gasteiger partial charge in [-0.15, -0.1) is 0 Å². The molecule has 2 unspecified atom stereocenters. The third-order valence-electron chi connectivity index (χ3n) is 3.96. The molecule has 2 atom stereocenters. The van der Waals surface area contributed by atoms with Gasteiger partial charge in [-0.25, -0.2) is 18.4 Å². The van der Waals surface area contributed by atoms with Crippen LogP contribution in [0, 0.1) is 0 Å².